The predicted octanol–water partition coefficient (Wildman–Crippen LogP) is 3.77. The van der Waals surface area contributed by atoms with Crippen LogP contribution >= 0.6 is 22.9 Å². The molecule has 0 radical (unpaired) electrons. The molecule has 2 aromatic carbocycles. The highest BCUT2D eigenvalue weighted by Crippen LogP contribution is 2.20. The van der Waals surface area contributed by atoms with E-state index in [1.54, 1.807) is 48.5 Å². The molecule has 0 saturated heterocycles. The van der Waals surface area contributed by atoms with Crippen LogP contribution in [0, 0.1) is 6.92 Å². The Morgan fingerprint density at radius 2 is 1.89 bits per heavy atom. The molecule has 3 rings (SSSR count). The third-order valence-electron chi connectivity index (χ3n) is 3.74. The van der Waals surface area contributed by atoms with E-state index in [0.29, 0.717) is 20.7 Å². The number of benzene rings is 2. The summed E-state index contributed by atoms with van der Waals surface area (Å²) in [4.78, 5) is 12.5. The number of nitrogens with one attached hydrogen (secondary N) is 1. The molecule has 27 heavy (non-hydrogen) atoms. The molecule has 0 aliphatic carbocycles. The second-order valence-corrected chi connectivity index (χ2v) is 9.46. The highest BCUT2D eigenvalue weighted by Gasteiger charge is 2.16. The largest absolute Gasteiger partial charge is 0.296 e. The van der Waals surface area contributed by atoms with Gasteiger partial charge in [0, 0.05) is 17.0 Å². The Labute approximate surface area is 166 Å². The van der Waals surface area contributed by atoms with Crippen molar-refractivity contribution in [3.8, 4) is 0 Å². The van der Waals surface area contributed by atoms with Gasteiger partial charge in [-0.3, -0.25) is 10.1 Å². The zero-order valence-corrected chi connectivity index (χ0v) is 16.7. The van der Waals surface area contributed by atoms with Crippen molar-refractivity contribution in [2.24, 2.45) is 0 Å². The van der Waals surface area contributed by atoms with Crippen LogP contribution in [0.15, 0.2) is 53.4 Å². The van der Waals surface area contributed by atoms with Gasteiger partial charge in [-0.1, -0.05) is 46.7 Å². The standard InChI is InChI=1S/C18H16ClN3O3S2/c1-12-5-7-15(8-6-12)27(24,25)10-9-16-21-22-18(26-16)20-17(23)13-3-2-4-14(19)11-13/h2-8,11H,9-10H2,1H3,(H,20,22,23). The van der Waals surface area contributed by atoms with Gasteiger partial charge in [-0.15, -0.1) is 10.2 Å². The van der Waals surface area contributed by atoms with Gasteiger partial charge < -0.3 is 0 Å². The van der Waals surface area contributed by atoms with Crippen molar-refractivity contribution >= 4 is 43.8 Å². The van der Waals surface area contributed by atoms with Gasteiger partial charge in [0.1, 0.15) is 5.01 Å². The Hall–Kier alpha value is -2.29. The summed E-state index contributed by atoms with van der Waals surface area (Å²) in [6.07, 6.45) is 0.223. The van der Waals surface area contributed by atoms with Crippen molar-refractivity contribution < 1.29 is 13.2 Å². The lowest BCUT2D eigenvalue weighted by molar-refractivity contribution is 0.102. The molecule has 0 fully saturated rings. The first-order chi connectivity index (χ1) is 12.8. The number of anilines is 1. The average Bonchev–Trinajstić information content (AvgIpc) is 3.08. The van der Waals surface area contributed by atoms with E-state index in [1.807, 2.05) is 6.92 Å². The lowest BCUT2D eigenvalue weighted by Crippen LogP contribution is -2.11. The van der Waals surface area contributed by atoms with Crippen LogP contribution in [0.1, 0.15) is 20.9 Å². The number of sulfone groups is 1. The third kappa shape index (κ3) is 5.12. The quantitative estimate of drug-likeness (QED) is 0.654. The number of hydrogen-bond acceptors (Lipinski definition) is 6. The molecule has 0 unspecified atom stereocenters. The number of carbonyl (C=O) groups is 1. The number of halogens is 1. The van der Waals surface area contributed by atoms with E-state index in [9.17, 15) is 13.2 Å². The fraction of sp³-hybridized carbons (Fsp3) is 0.167. The maximum absolute atomic E-state index is 12.4. The highest BCUT2D eigenvalue weighted by atomic mass is 35.5. The maximum atomic E-state index is 12.4. The number of aryl methyl sites for hydroxylation is 2. The Kier molecular flexibility index (Phi) is 5.88. The van der Waals surface area contributed by atoms with Gasteiger partial charge in [-0.25, -0.2) is 8.42 Å². The first-order valence-corrected chi connectivity index (χ1v) is 10.9. The molecule has 9 heteroatoms. The minimum absolute atomic E-state index is 0.0765. The SMILES string of the molecule is Cc1ccc(S(=O)(=O)CCc2nnc(NC(=O)c3cccc(Cl)c3)s2)cc1. The summed E-state index contributed by atoms with van der Waals surface area (Å²) in [6.45, 7) is 1.90. The van der Waals surface area contributed by atoms with Crippen molar-refractivity contribution in [2.75, 3.05) is 11.1 Å². The topological polar surface area (TPSA) is 89.0 Å². The molecular formula is C18H16ClN3O3S2. The fourth-order valence-electron chi connectivity index (χ4n) is 2.29. The van der Waals surface area contributed by atoms with Crippen molar-refractivity contribution in [3.05, 3.63) is 69.7 Å². The van der Waals surface area contributed by atoms with Crippen LogP contribution in [-0.4, -0.2) is 30.3 Å². The van der Waals surface area contributed by atoms with Crippen LogP contribution in [-0.2, 0) is 16.3 Å². The number of amides is 1. The molecule has 0 bridgehead atoms. The maximum Gasteiger partial charge on any atom is 0.257 e. The minimum atomic E-state index is -3.40. The van der Waals surface area contributed by atoms with Gasteiger partial charge in [-0.05, 0) is 37.3 Å². The predicted molar refractivity (Wildman–Crippen MR) is 106 cm³/mol. The lowest BCUT2D eigenvalue weighted by atomic mass is 10.2. The molecule has 0 saturated carbocycles. The van der Waals surface area contributed by atoms with Gasteiger partial charge in [0.15, 0.2) is 9.84 Å². The molecule has 1 N–H and O–H groups in total. The van der Waals surface area contributed by atoms with E-state index in [-0.39, 0.29) is 23.0 Å². The molecular weight excluding hydrogens is 406 g/mol. The molecule has 0 aliphatic heterocycles. The van der Waals surface area contributed by atoms with Crippen molar-refractivity contribution in [2.45, 2.75) is 18.2 Å². The Bertz CT molecular complexity index is 1060. The number of aromatic nitrogens is 2. The van der Waals surface area contributed by atoms with Gasteiger partial charge in [-0.2, -0.15) is 0 Å². The van der Waals surface area contributed by atoms with E-state index < -0.39 is 9.84 Å². The van der Waals surface area contributed by atoms with Crippen LogP contribution < -0.4 is 5.32 Å². The summed E-state index contributed by atoms with van der Waals surface area (Å²) in [7, 11) is -3.40. The molecule has 140 valence electrons. The second kappa shape index (κ2) is 8.16. The van der Waals surface area contributed by atoms with Crippen molar-refractivity contribution in [1.82, 2.24) is 10.2 Å². The monoisotopic (exact) mass is 421 g/mol. The zero-order valence-electron chi connectivity index (χ0n) is 14.3. The first-order valence-electron chi connectivity index (χ1n) is 8.02. The summed E-state index contributed by atoms with van der Waals surface area (Å²) in [6, 6.07) is 13.3. The zero-order chi connectivity index (χ0) is 19.4. The van der Waals surface area contributed by atoms with Crippen molar-refractivity contribution in [3.63, 3.8) is 0 Å². The molecule has 0 atom stereocenters. The van der Waals surface area contributed by atoms with E-state index in [0.717, 1.165) is 16.9 Å². The number of carbonyl (C=O) groups excluding carboxylic acids is 1. The molecule has 1 heterocycles. The normalized spacial score (nSPS) is 11.3. The summed E-state index contributed by atoms with van der Waals surface area (Å²) in [5.74, 6) is -0.431. The average molecular weight is 422 g/mol. The molecule has 6 nitrogen and oxygen atoms in total. The van der Waals surface area contributed by atoms with Crippen molar-refractivity contribution in [1.29, 1.82) is 0 Å². The van der Waals surface area contributed by atoms with E-state index in [2.05, 4.69) is 15.5 Å². The number of hydrogen-bond donors (Lipinski definition) is 1. The first kappa shape index (κ1) is 19.5. The van der Waals surface area contributed by atoms with Crippen LogP contribution in [0.2, 0.25) is 5.02 Å². The smallest absolute Gasteiger partial charge is 0.257 e. The summed E-state index contributed by atoms with van der Waals surface area (Å²) >= 11 is 7.02. The molecule has 0 aliphatic rings. The summed E-state index contributed by atoms with van der Waals surface area (Å²) in [5, 5.41) is 11.8. The fourth-order valence-corrected chi connectivity index (χ4v) is 4.59. The third-order valence-corrected chi connectivity index (χ3v) is 6.60. The lowest BCUT2D eigenvalue weighted by Gasteiger charge is -2.03. The second-order valence-electron chi connectivity index (χ2n) is 5.85. The van der Waals surface area contributed by atoms with Gasteiger partial charge in [0.2, 0.25) is 5.13 Å². The Balaban J connectivity index is 1.62. The minimum Gasteiger partial charge on any atom is -0.296 e. The summed E-state index contributed by atoms with van der Waals surface area (Å²) in [5.41, 5.74) is 1.40. The molecule has 3 aromatic rings. The van der Waals surface area contributed by atoms with Crippen LogP contribution in [0.5, 0.6) is 0 Å². The Morgan fingerprint density at radius 1 is 1.15 bits per heavy atom. The van der Waals surface area contributed by atoms with Gasteiger partial charge >= 0.3 is 0 Å². The van der Waals surface area contributed by atoms with Crippen LogP contribution in [0.3, 0.4) is 0 Å². The van der Waals surface area contributed by atoms with Gasteiger partial charge in [0.05, 0.1) is 10.6 Å². The molecule has 0 spiro atoms. The number of rotatable bonds is 6. The molecule has 1 amide bonds. The van der Waals surface area contributed by atoms with Crippen LogP contribution in [0.4, 0.5) is 5.13 Å². The number of nitrogens with zero attached hydrogens (tertiary/aromatic N) is 2. The van der Waals surface area contributed by atoms with E-state index in [1.165, 1.54) is 0 Å². The van der Waals surface area contributed by atoms with Crippen LogP contribution in [0.25, 0.3) is 0 Å². The Morgan fingerprint density at radius 3 is 2.59 bits per heavy atom. The highest BCUT2D eigenvalue weighted by molar-refractivity contribution is 7.91. The summed E-state index contributed by atoms with van der Waals surface area (Å²) < 4.78 is 24.8. The van der Waals surface area contributed by atoms with Gasteiger partial charge in [0.25, 0.3) is 5.91 Å². The molecule has 1 aromatic heterocycles. The van der Waals surface area contributed by atoms with E-state index in [4.69, 9.17) is 11.6 Å². The van der Waals surface area contributed by atoms with E-state index >= 15 is 0 Å².